The molecule has 2 nitrogen and oxygen atoms in total. The summed E-state index contributed by atoms with van der Waals surface area (Å²) in [5, 5.41) is 3.06. The maximum atomic E-state index is 5.55. The number of rotatable bonds is 1. The fourth-order valence-electron chi connectivity index (χ4n) is 0.734. The number of anilines is 2. The van der Waals surface area contributed by atoms with Gasteiger partial charge in [0.25, 0.3) is 0 Å². The third-order valence-electron chi connectivity index (χ3n) is 1.26. The number of nitrogens with one attached hydrogen (secondary N) is 1. The van der Waals surface area contributed by atoms with Crippen LogP contribution in [0.15, 0.2) is 18.2 Å². The van der Waals surface area contributed by atoms with Gasteiger partial charge >= 0.3 is 0 Å². The molecule has 0 aliphatic rings. The van der Waals surface area contributed by atoms with E-state index >= 15 is 0 Å². The van der Waals surface area contributed by atoms with Crippen molar-refractivity contribution < 1.29 is 0 Å². The third-order valence-corrected chi connectivity index (χ3v) is 2.15. The molecule has 0 unspecified atom stereocenters. The van der Waals surface area contributed by atoms with Crippen molar-refractivity contribution in [2.45, 2.75) is 0 Å². The van der Waals surface area contributed by atoms with E-state index in [-0.39, 0.29) is 0 Å². The van der Waals surface area contributed by atoms with Crippen LogP contribution in [0, 0.1) is 3.57 Å². The third kappa shape index (κ3) is 1.53. The Labute approximate surface area is 73.9 Å². The number of halogens is 1. The van der Waals surface area contributed by atoms with E-state index in [1.807, 2.05) is 25.2 Å². The van der Waals surface area contributed by atoms with Crippen molar-refractivity contribution in [2.75, 3.05) is 18.1 Å². The van der Waals surface area contributed by atoms with Crippen molar-refractivity contribution in [1.29, 1.82) is 0 Å². The summed E-state index contributed by atoms with van der Waals surface area (Å²) in [4.78, 5) is 0. The van der Waals surface area contributed by atoms with Crippen molar-refractivity contribution in [3.05, 3.63) is 21.8 Å². The Kier molecular flexibility index (Phi) is 2.37. The van der Waals surface area contributed by atoms with Crippen LogP contribution in [0.1, 0.15) is 0 Å². The molecule has 0 aliphatic heterocycles. The second-order valence-electron chi connectivity index (χ2n) is 1.99. The predicted octanol–water partition coefficient (Wildman–Crippen LogP) is 1.92. The first-order valence-corrected chi connectivity index (χ1v) is 4.04. The Morgan fingerprint density at radius 2 is 2.20 bits per heavy atom. The molecule has 54 valence electrons. The normalized spacial score (nSPS) is 9.40. The van der Waals surface area contributed by atoms with E-state index in [0.29, 0.717) is 0 Å². The number of nitrogen functional groups attached to an aromatic ring is 1. The topological polar surface area (TPSA) is 38.0 Å². The summed E-state index contributed by atoms with van der Waals surface area (Å²) in [7, 11) is 1.90. The van der Waals surface area contributed by atoms with Gasteiger partial charge in [0, 0.05) is 22.0 Å². The second kappa shape index (κ2) is 3.09. The van der Waals surface area contributed by atoms with E-state index in [2.05, 4.69) is 27.9 Å². The van der Waals surface area contributed by atoms with E-state index in [4.69, 9.17) is 5.73 Å². The van der Waals surface area contributed by atoms with Gasteiger partial charge in [-0.2, -0.15) is 0 Å². The van der Waals surface area contributed by atoms with Gasteiger partial charge in [-0.25, -0.2) is 0 Å². The summed E-state index contributed by atoms with van der Waals surface area (Å²) in [5.41, 5.74) is 7.48. The van der Waals surface area contributed by atoms with Crippen LogP contribution in [0.4, 0.5) is 11.4 Å². The Morgan fingerprint density at radius 1 is 1.50 bits per heavy atom. The number of hydrogen-bond donors (Lipinski definition) is 2. The molecule has 0 aromatic heterocycles. The molecule has 1 rings (SSSR count). The maximum absolute atomic E-state index is 5.55. The summed E-state index contributed by atoms with van der Waals surface area (Å²) in [6.45, 7) is 0. The quantitative estimate of drug-likeness (QED) is 0.588. The van der Waals surface area contributed by atoms with Crippen LogP contribution in [-0.4, -0.2) is 7.05 Å². The first-order chi connectivity index (χ1) is 4.74. The van der Waals surface area contributed by atoms with Crippen LogP contribution < -0.4 is 11.1 Å². The molecule has 0 bridgehead atoms. The molecule has 0 fully saturated rings. The monoisotopic (exact) mass is 248 g/mol. The average molecular weight is 248 g/mol. The summed E-state index contributed by atoms with van der Waals surface area (Å²) in [6.07, 6.45) is 0. The molecule has 0 amide bonds. The fourth-order valence-corrected chi connectivity index (χ4v) is 1.54. The van der Waals surface area contributed by atoms with Gasteiger partial charge in [0.1, 0.15) is 0 Å². The highest BCUT2D eigenvalue weighted by Crippen LogP contribution is 2.19. The molecular weight excluding hydrogens is 239 g/mol. The first kappa shape index (κ1) is 7.65. The Hall–Kier alpha value is -0.450. The largest absolute Gasteiger partial charge is 0.399 e. The highest BCUT2D eigenvalue weighted by molar-refractivity contribution is 14.1. The van der Waals surface area contributed by atoms with Gasteiger partial charge in [-0.15, -0.1) is 0 Å². The molecule has 0 saturated carbocycles. The smallest absolute Gasteiger partial charge is 0.0474 e. The zero-order chi connectivity index (χ0) is 7.56. The van der Waals surface area contributed by atoms with Gasteiger partial charge in [-0.1, -0.05) is 0 Å². The molecule has 0 heterocycles. The second-order valence-corrected chi connectivity index (χ2v) is 3.15. The zero-order valence-corrected chi connectivity index (χ0v) is 7.84. The number of benzene rings is 1. The van der Waals surface area contributed by atoms with Crippen molar-refractivity contribution in [2.24, 2.45) is 0 Å². The lowest BCUT2D eigenvalue weighted by Gasteiger charge is -2.02. The van der Waals surface area contributed by atoms with Gasteiger partial charge in [-0.05, 0) is 40.8 Å². The SMILES string of the molecule is CNc1ccc(N)cc1I. The Morgan fingerprint density at radius 3 is 2.70 bits per heavy atom. The van der Waals surface area contributed by atoms with Crippen LogP contribution >= 0.6 is 22.6 Å². The zero-order valence-electron chi connectivity index (χ0n) is 5.69. The lowest BCUT2D eigenvalue weighted by atomic mass is 10.3. The van der Waals surface area contributed by atoms with E-state index in [1.54, 1.807) is 0 Å². The van der Waals surface area contributed by atoms with Crippen molar-refractivity contribution in [3.8, 4) is 0 Å². The fraction of sp³-hybridized carbons (Fsp3) is 0.143. The molecule has 10 heavy (non-hydrogen) atoms. The number of nitrogens with two attached hydrogens (primary N) is 1. The Balaban J connectivity index is 3.07. The standard InChI is InChI=1S/C7H9IN2/c1-10-7-3-2-5(9)4-6(7)8/h2-4,10H,9H2,1H3. The van der Waals surface area contributed by atoms with Crippen LogP contribution in [0.5, 0.6) is 0 Å². The molecule has 3 N–H and O–H groups in total. The summed E-state index contributed by atoms with van der Waals surface area (Å²) in [6, 6.07) is 5.79. The van der Waals surface area contributed by atoms with Crippen LogP contribution in [0.2, 0.25) is 0 Å². The average Bonchev–Trinajstić information content (AvgIpc) is 1.88. The minimum atomic E-state index is 0.809. The van der Waals surface area contributed by atoms with E-state index < -0.39 is 0 Å². The predicted molar refractivity (Wildman–Crippen MR) is 53.1 cm³/mol. The summed E-state index contributed by atoms with van der Waals surface area (Å²) < 4.78 is 1.15. The molecule has 0 spiro atoms. The van der Waals surface area contributed by atoms with E-state index in [0.717, 1.165) is 14.9 Å². The number of hydrogen-bond acceptors (Lipinski definition) is 2. The van der Waals surface area contributed by atoms with E-state index in [9.17, 15) is 0 Å². The van der Waals surface area contributed by atoms with Crippen LogP contribution in [0.25, 0.3) is 0 Å². The van der Waals surface area contributed by atoms with Gasteiger partial charge < -0.3 is 11.1 Å². The van der Waals surface area contributed by atoms with Crippen molar-refractivity contribution >= 4 is 34.0 Å². The minimum absolute atomic E-state index is 0.809. The molecule has 1 aromatic carbocycles. The van der Waals surface area contributed by atoms with Crippen molar-refractivity contribution in [3.63, 3.8) is 0 Å². The Bertz CT molecular complexity index is 235. The van der Waals surface area contributed by atoms with Gasteiger partial charge in [0.2, 0.25) is 0 Å². The van der Waals surface area contributed by atoms with Crippen molar-refractivity contribution in [1.82, 2.24) is 0 Å². The molecule has 0 atom stereocenters. The molecule has 0 aliphatic carbocycles. The van der Waals surface area contributed by atoms with Gasteiger partial charge in [0.05, 0.1) is 0 Å². The molecule has 0 radical (unpaired) electrons. The highest BCUT2D eigenvalue weighted by atomic mass is 127. The lowest BCUT2D eigenvalue weighted by molar-refractivity contribution is 1.48. The first-order valence-electron chi connectivity index (χ1n) is 2.97. The molecular formula is C7H9IN2. The van der Waals surface area contributed by atoms with Crippen LogP contribution in [0.3, 0.4) is 0 Å². The minimum Gasteiger partial charge on any atom is -0.399 e. The van der Waals surface area contributed by atoms with Gasteiger partial charge in [-0.3, -0.25) is 0 Å². The van der Waals surface area contributed by atoms with E-state index in [1.165, 1.54) is 0 Å². The summed E-state index contributed by atoms with van der Waals surface area (Å²) >= 11 is 2.24. The van der Waals surface area contributed by atoms with Crippen LogP contribution in [-0.2, 0) is 0 Å². The molecule has 1 aromatic rings. The highest BCUT2D eigenvalue weighted by Gasteiger charge is 1.94. The lowest BCUT2D eigenvalue weighted by Crippen LogP contribution is -1.92. The molecule has 0 saturated heterocycles. The molecule has 3 heteroatoms. The summed E-state index contributed by atoms with van der Waals surface area (Å²) in [5.74, 6) is 0. The maximum Gasteiger partial charge on any atom is 0.0474 e. The van der Waals surface area contributed by atoms with Gasteiger partial charge in [0.15, 0.2) is 0 Å².